The van der Waals surface area contributed by atoms with Crippen LogP contribution in [0.5, 0.6) is 11.5 Å². The van der Waals surface area contributed by atoms with Crippen LogP contribution in [0.25, 0.3) is 0 Å². The Labute approximate surface area is 112 Å². The van der Waals surface area contributed by atoms with E-state index in [0.29, 0.717) is 18.6 Å². The van der Waals surface area contributed by atoms with Crippen molar-refractivity contribution in [3.8, 4) is 11.5 Å². The van der Waals surface area contributed by atoms with Crippen LogP contribution in [0.3, 0.4) is 0 Å². The highest BCUT2D eigenvalue weighted by Crippen LogP contribution is 2.26. The summed E-state index contributed by atoms with van der Waals surface area (Å²) < 4.78 is 4.98. The number of carbonyl (C=O) groups excluding carboxylic acids is 1. The van der Waals surface area contributed by atoms with Gasteiger partial charge in [-0.1, -0.05) is 36.4 Å². The molecule has 0 heterocycles. The third kappa shape index (κ3) is 3.35. The molecule has 2 aromatic carbocycles. The number of Topliss-reactive ketones (excluding diaryl/α,β-unsaturated/α-hetero) is 1. The number of ketones is 1. The zero-order chi connectivity index (χ0) is 13.7. The molecule has 2 rings (SSSR count). The number of ether oxygens (including phenoxy) is 1. The molecule has 98 valence electrons. The third-order valence-electron chi connectivity index (χ3n) is 2.98. The molecule has 0 amide bonds. The second kappa shape index (κ2) is 6.05. The van der Waals surface area contributed by atoms with Gasteiger partial charge in [-0.25, -0.2) is 0 Å². The molecular formula is C16H16O3. The lowest BCUT2D eigenvalue weighted by Gasteiger charge is -2.06. The Morgan fingerprint density at radius 2 is 1.89 bits per heavy atom. The first-order valence-electron chi connectivity index (χ1n) is 6.15. The molecule has 3 heteroatoms. The van der Waals surface area contributed by atoms with E-state index in [0.717, 1.165) is 11.1 Å². The minimum Gasteiger partial charge on any atom is -0.504 e. The van der Waals surface area contributed by atoms with Crippen molar-refractivity contribution in [2.24, 2.45) is 0 Å². The normalized spacial score (nSPS) is 10.2. The van der Waals surface area contributed by atoms with E-state index in [4.69, 9.17) is 4.74 Å². The van der Waals surface area contributed by atoms with Crippen molar-refractivity contribution in [1.29, 1.82) is 0 Å². The zero-order valence-corrected chi connectivity index (χ0v) is 10.8. The number of hydrogen-bond donors (Lipinski definition) is 1. The number of methoxy groups -OCH3 is 1. The second-order valence-corrected chi connectivity index (χ2v) is 4.30. The molecule has 0 aliphatic heterocycles. The molecule has 0 fully saturated rings. The highest BCUT2D eigenvalue weighted by Gasteiger charge is 2.07. The van der Waals surface area contributed by atoms with Gasteiger partial charge in [0.25, 0.3) is 0 Å². The molecule has 0 saturated heterocycles. The summed E-state index contributed by atoms with van der Waals surface area (Å²) in [5.74, 6) is 0.654. The Balaban J connectivity index is 1.99. The molecule has 0 spiro atoms. The van der Waals surface area contributed by atoms with Crippen LogP contribution in [0, 0.1) is 0 Å². The van der Waals surface area contributed by atoms with Gasteiger partial charge in [-0.05, 0) is 24.1 Å². The van der Waals surface area contributed by atoms with E-state index in [9.17, 15) is 9.90 Å². The molecule has 0 bridgehead atoms. The maximum atomic E-state index is 11.9. The van der Waals surface area contributed by atoms with Crippen LogP contribution >= 0.6 is 0 Å². The van der Waals surface area contributed by atoms with Crippen LogP contribution in [0.1, 0.15) is 22.3 Å². The van der Waals surface area contributed by atoms with E-state index in [-0.39, 0.29) is 11.5 Å². The van der Waals surface area contributed by atoms with Gasteiger partial charge in [0, 0.05) is 12.0 Å². The van der Waals surface area contributed by atoms with Crippen LogP contribution < -0.4 is 4.74 Å². The molecule has 3 nitrogen and oxygen atoms in total. The fourth-order valence-corrected chi connectivity index (χ4v) is 1.92. The minimum atomic E-state index is 0.104. The molecule has 19 heavy (non-hydrogen) atoms. The van der Waals surface area contributed by atoms with Gasteiger partial charge >= 0.3 is 0 Å². The standard InChI is InChI=1S/C16H16O3/c1-19-16-10-8-12(11-15(16)18)7-9-14(17)13-5-3-2-4-6-13/h2-6,8,10-11,18H,7,9H2,1H3. The van der Waals surface area contributed by atoms with Gasteiger partial charge in [0.05, 0.1) is 7.11 Å². The highest BCUT2D eigenvalue weighted by molar-refractivity contribution is 5.96. The fraction of sp³-hybridized carbons (Fsp3) is 0.188. The van der Waals surface area contributed by atoms with Crippen LogP contribution in [0.15, 0.2) is 48.5 Å². The molecule has 0 unspecified atom stereocenters. The molecule has 0 radical (unpaired) electrons. The minimum absolute atomic E-state index is 0.104. The molecule has 0 aromatic heterocycles. The van der Waals surface area contributed by atoms with Crippen molar-refractivity contribution in [3.05, 3.63) is 59.7 Å². The predicted molar refractivity (Wildman–Crippen MR) is 73.8 cm³/mol. The second-order valence-electron chi connectivity index (χ2n) is 4.30. The SMILES string of the molecule is COc1ccc(CCC(=O)c2ccccc2)cc1O. The zero-order valence-electron chi connectivity index (χ0n) is 10.8. The summed E-state index contributed by atoms with van der Waals surface area (Å²) in [5, 5.41) is 9.66. The highest BCUT2D eigenvalue weighted by atomic mass is 16.5. The smallest absolute Gasteiger partial charge is 0.163 e. The van der Waals surface area contributed by atoms with E-state index >= 15 is 0 Å². The lowest BCUT2D eigenvalue weighted by Crippen LogP contribution is -2.00. The maximum absolute atomic E-state index is 11.9. The number of benzene rings is 2. The first kappa shape index (κ1) is 13.1. The average molecular weight is 256 g/mol. The molecule has 0 saturated carbocycles. The lowest BCUT2D eigenvalue weighted by molar-refractivity contribution is 0.0983. The third-order valence-corrected chi connectivity index (χ3v) is 2.98. The van der Waals surface area contributed by atoms with E-state index in [1.807, 2.05) is 36.4 Å². The summed E-state index contributed by atoms with van der Waals surface area (Å²) in [6, 6.07) is 14.4. The molecule has 0 atom stereocenters. The van der Waals surface area contributed by atoms with E-state index in [1.165, 1.54) is 7.11 Å². The molecule has 1 N–H and O–H groups in total. The van der Waals surface area contributed by atoms with Gasteiger partial charge in [0.2, 0.25) is 0 Å². The number of phenols is 1. The molecule has 0 aliphatic carbocycles. The lowest BCUT2D eigenvalue weighted by atomic mass is 10.0. The van der Waals surface area contributed by atoms with Gasteiger partial charge in [-0.15, -0.1) is 0 Å². The van der Waals surface area contributed by atoms with Crippen molar-refractivity contribution in [1.82, 2.24) is 0 Å². The molecule has 2 aromatic rings. The Morgan fingerprint density at radius 3 is 2.53 bits per heavy atom. The van der Waals surface area contributed by atoms with Crippen molar-refractivity contribution in [2.45, 2.75) is 12.8 Å². The van der Waals surface area contributed by atoms with Crippen LogP contribution in [0.2, 0.25) is 0 Å². The largest absolute Gasteiger partial charge is 0.504 e. The van der Waals surface area contributed by atoms with Crippen molar-refractivity contribution in [3.63, 3.8) is 0 Å². The average Bonchev–Trinajstić information content (AvgIpc) is 2.46. The fourth-order valence-electron chi connectivity index (χ4n) is 1.92. The predicted octanol–water partition coefficient (Wildman–Crippen LogP) is 3.22. The number of rotatable bonds is 5. The number of hydrogen-bond acceptors (Lipinski definition) is 3. The monoisotopic (exact) mass is 256 g/mol. The van der Waals surface area contributed by atoms with Gasteiger partial charge in [0.1, 0.15) is 0 Å². The first-order valence-corrected chi connectivity index (χ1v) is 6.15. The van der Waals surface area contributed by atoms with Gasteiger partial charge in [-0.2, -0.15) is 0 Å². The van der Waals surface area contributed by atoms with Crippen LogP contribution in [-0.2, 0) is 6.42 Å². The van der Waals surface area contributed by atoms with Gasteiger partial charge < -0.3 is 9.84 Å². The Morgan fingerprint density at radius 1 is 1.16 bits per heavy atom. The summed E-state index contributed by atoms with van der Waals surface area (Å²) >= 11 is 0. The van der Waals surface area contributed by atoms with Gasteiger partial charge in [0.15, 0.2) is 17.3 Å². The van der Waals surface area contributed by atoms with Crippen LogP contribution in [0.4, 0.5) is 0 Å². The number of aryl methyl sites for hydroxylation is 1. The van der Waals surface area contributed by atoms with Crippen LogP contribution in [-0.4, -0.2) is 18.0 Å². The quantitative estimate of drug-likeness (QED) is 0.835. The molecular weight excluding hydrogens is 240 g/mol. The van der Waals surface area contributed by atoms with Crippen molar-refractivity contribution in [2.75, 3.05) is 7.11 Å². The topological polar surface area (TPSA) is 46.5 Å². The number of carbonyl (C=O) groups is 1. The van der Waals surface area contributed by atoms with E-state index in [1.54, 1.807) is 12.1 Å². The summed E-state index contributed by atoms with van der Waals surface area (Å²) in [7, 11) is 1.51. The Kier molecular flexibility index (Phi) is 4.18. The first-order chi connectivity index (χ1) is 9.20. The number of phenolic OH excluding ortho intramolecular Hbond substituents is 1. The van der Waals surface area contributed by atoms with E-state index < -0.39 is 0 Å². The van der Waals surface area contributed by atoms with Crippen molar-refractivity contribution < 1.29 is 14.6 Å². The Hall–Kier alpha value is -2.29. The summed E-state index contributed by atoms with van der Waals surface area (Å²) in [5.41, 5.74) is 1.64. The number of aromatic hydroxyl groups is 1. The van der Waals surface area contributed by atoms with Gasteiger partial charge in [-0.3, -0.25) is 4.79 Å². The Bertz CT molecular complexity index is 561. The summed E-state index contributed by atoms with van der Waals surface area (Å²) in [6.45, 7) is 0. The van der Waals surface area contributed by atoms with Crippen molar-refractivity contribution >= 4 is 5.78 Å². The van der Waals surface area contributed by atoms with E-state index in [2.05, 4.69) is 0 Å². The molecule has 0 aliphatic rings. The summed E-state index contributed by atoms with van der Waals surface area (Å²) in [4.78, 5) is 11.9. The maximum Gasteiger partial charge on any atom is 0.163 e. The summed E-state index contributed by atoms with van der Waals surface area (Å²) in [6.07, 6.45) is 1.03.